The van der Waals surface area contributed by atoms with Crippen LogP contribution in [0, 0.1) is 0 Å². The van der Waals surface area contributed by atoms with Gasteiger partial charge < -0.3 is 24.4 Å². The van der Waals surface area contributed by atoms with E-state index in [0.717, 1.165) is 11.1 Å². The van der Waals surface area contributed by atoms with Crippen molar-refractivity contribution in [2.75, 3.05) is 44.8 Å². The van der Waals surface area contributed by atoms with Gasteiger partial charge in [0.05, 0.1) is 41.7 Å². The first-order valence-electron chi connectivity index (χ1n) is 15.1. The fourth-order valence-electron chi connectivity index (χ4n) is 5.48. The van der Waals surface area contributed by atoms with E-state index in [-0.39, 0.29) is 24.0 Å². The average Bonchev–Trinajstić information content (AvgIpc) is 3.38. The molecule has 2 aliphatic rings. The minimum Gasteiger partial charge on any atom is -0.490 e. The Balaban J connectivity index is 1.33. The van der Waals surface area contributed by atoms with Gasteiger partial charge in [-0.3, -0.25) is 19.0 Å². The number of nitrogens with one attached hydrogen (secondary N) is 1. The quantitative estimate of drug-likeness (QED) is 0.301. The van der Waals surface area contributed by atoms with Gasteiger partial charge in [-0.15, -0.1) is 0 Å². The molecule has 2 amide bonds. The minimum absolute atomic E-state index is 0.114. The van der Waals surface area contributed by atoms with E-state index in [1.54, 1.807) is 34.6 Å². The highest BCUT2D eigenvalue weighted by Gasteiger charge is 2.32. The van der Waals surface area contributed by atoms with Crippen LogP contribution in [0.3, 0.4) is 0 Å². The molecule has 0 aliphatic carbocycles. The number of para-hydroxylation sites is 1. The molecule has 1 aromatic heterocycles. The van der Waals surface area contributed by atoms with Crippen molar-refractivity contribution in [3.8, 4) is 11.5 Å². The van der Waals surface area contributed by atoms with Crippen molar-refractivity contribution < 1.29 is 23.8 Å². The molecule has 10 nitrogen and oxygen atoms in total. The van der Waals surface area contributed by atoms with Gasteiger partial charge in [-0.25, -0.2) is 4.99 Å². The number of carbonyl (C=O) groups is 2. The first-order valence-corrected chi connectivity index (χ1v) is 15.9. The van der Waals surface area contributed by atoms with Gasteiger partial charge in [0.2, 0.25) is 0 Å². The average molecular weight is 639 g/mol. The molecule has 4 aromatic rings. The number of rotatable bonds is 9. The van der Waals surface area contributed by atoms with Crippen molar-refractivity contribution in [2.45, 2.75) is 19.9 Å². The number of nitrogens with zero attached hydrogens (tertiary/aromatic N) is 3. The lowest BCUT2D eigenvalue weighted by atomic mass is 9.95. The smallest absolute Gasteiger partial charge is 0.271 e. The van der Waals surface area contributed by atoms with Crippen molar-refractivity contribution in [1.29, 1.82) is 0 Å². The number of fused-ring (bicyclic) bond motifs is 1. The first-order chi connectivity index (χ1) is 22.4. The molecule has 0 unspecified atom stereocenters. The van der Waals surface area contributed by atoms with E-state index in [1.807, 2.05) is 73.7 Å². The molecule has 0 saturated carbocycles. The number of benzene rings is 3. The summed E-state index contributed by atoms with van der Waals surface area (Å²) >= 11 is 1.26. The topological polar surface area (TPSA) is 111 Å². The summed E-state index contributed by atoms with van der Waals surface area (Å²) in [5, 5.41) is 2.97. The molecule has 0 spiro atoms. The van der Waals surface area contributed by atoms with Gasteiger partial charge in [-0.1, -0.05) is 65.9 Å². The highest BCUT2D eigenvalue weighted by molar-refractivity contribution is 7.07. The van der Waals surface area contributed by atoms with Crippen molar-refractivity contribution >= 4 is 34.9 Å². The summed E-state index contributed by atoms with van der Waals surface area (Å²) in [5.74, 6) is 0.475. The van der Waals surface area contributed by atoms with Crippen LogP contribution in [0.5, 0.6) is 11.5 Å². The first kappa shape index (κ1) is 31.0. The van der Waals surface area contributed by atoms with Crippen molar-refractivity contribution in [3.63, 3.8) is 0 Å². The third-order valence-corrected chi connectivity index (χ3v) is 8.68. The zero-order chi connectivity index (χ0) is 32.0. The lowest BCUT2D eigenvalue weighted by molar-refractivity contribution is -0.137. The Morgan fingerprint density at radius 3 is 2.43 bits per heavy atom. The van der Waals surface area contributed by atoms with E-state index in [9.17, 15) is 14.4 Å². The number of thiazole rings is 1. The van der Waals surface area contributed by atoms with Gasteiger partial charge in [0.1, 0.15) is 0 Å². The van der Waals surface area contributed by atoms with Crippen LogP contribution >= 0.6 is 11.3 Å². The summed E-state index contributed by atoms with van der Waals surface area (Å²) in [6, 6.07) is 23.4. The Kier molecular flexibility index (Phi) is 9.41. The summed E-state index contributed by atoms with van der Waals surface area (Å²) in [6.45, 7) is 6.06. The normalized spacial score (nSPS) is 16.4. The molecule has 3 heterocycles. The molecule has 2 aliphatic heterocycles. The fraction of sp³-hybridized carbons (Fsp3) is 0.257. The second kappa shape index (κ2) is 14.0. The molecule has 1 fully saturated rings. The number of carbonyl (C=O) groups excluding carboxylic acids is 2. The van der Waals surface area contributed by atoms with Crippen molar-refractivity contribution in [3.05, 3.63) is 121 Å². The molecule has 3 aromatic carbocycles. The number of hydrogen-bond donors (Lipinski definition) is 1. The largest absolute Gasteiger partial charge is 0.490 e. The predicted octanol–water partition coefficient (Wildman–Crippen LogP) is 3.51. The van der Waals surface area contributed by atoms with Gasteiger partial charge in [0.15, 0.2) is 22.9 Å². The highest BCUT2D eigenvalue weighted by Crippen LogP contribution is 2.31. The van der Waals surface area contributed by atoms with Gasteiger partial charge >= 0.3 is 0 Å². The van der Waals surface area contributed by atoms with Gasteiger partial charge in [0.25, 0.3) is 17.4 Å². The highest BCUT2D eigenvalue weighted by atomic mass is 32.1. The second-order valence-electron chi connectivity index (χ2n) is 10.7. The van der Waals surface area contributed by atoms with Gasteiger partial charge in [0, 0.05) is 18.8 Å². The lowest BCUT2D eigenvalue weighted by Gasteiger charge is -2.26. The maximum absolute atomic E-state index is 14.1. The number of hydrogen-bond acceptors (Lipinski definition) is 8. The molecule has 6 rings (SSSR count). The van der Waals surface area contributed by atoms with Crippen LogP contribution in [0.1, 0.15) is 31.0 Å². The van der Waals surface area contributed by atoms with E-state index < -0.39 is 6.04 Å². The van der Waals surface area contributed by atoms with Crippen LogP contribution < -0.4 is 29.7 Å². The van der Waals surface area contributed by atoms with E-state index >= 15 is 0 Å². The molecule has 236 valence electrons. The van der Waals surface area contributed by atoms with E-state index in [1.165, 1.54) is 11.3 Å². The standard InChI is InChI=1S/C35H34N4O6S/c1-3-44-28-20-24(14-15-27(28)45-22-30(40)38-16-18-43-19-17-38)21-29-34(42)39-32(25-10-6-4-7-11-25)31(23(2)36-35(39)46-29)33(41)37-26-12-8-5-9-13-26/h4-15,20-21,32H,3,16-19,22H2,1-2H3,(H,37,41)/b29-21+/t32-/m1/s1. The third-order valence-electron chi connectivity index (χ3n) is 7.69. The van der Waals surface area contributed by atoms with E-state index in [4.69, 9.17) is 19.2 Å². The van der Waals surface area contributed by atoms with Gasteiger partial charge in [-0.05, 0) is 55.3 Å². The summed E-state index contributed by atoms with van der Waals surface area (Å²) in [5.41, 5.74) is 2.86. The molecule has 1 saturated heterocycles. The third kappa shape index (κ3) is 6.65. The second-order valence-corrected chi connectivity index (χ2v) is 11.7. The number of allylic oxidation sites excluding steroid dienone is 1. The number of amides is 2. The van der Waals surface area contributed by atoms with Crippen LogP contribution in [0.25, 0.3) is 6.08 Å². The number of aromatic nitrogens is 1. The summed E-state index contributed by atoms with van der Waals surface area (Å²) in [4.78, 5) is 47.3. The van der Waals surface area contributed by atoms with E-state index in [2.05, 4.69) is 5.32 Å². The van der Waals surface area contributed by atoms with Crippen LogP contribution in [0.15, 0.2) is 99.9 Å². The summed E-state index contributed by atoms with van der Waals surface area (Å²) in [7, 11) is 0. The lowest BCUT2D eigenvalue weighted by Crippen LogP contribution is -2.43. The summed E-state index contributed by atoms with van der Waals surface area (Å²) < 4.78 is 19.1. The van der Waals surface area contributed by atoms with Gasteiger partial charge in [-0.2, -0.15) is 0 Å². The van der Waals surface area contributed by atoms with Crippen LogP contribution in [-0.4, -0.2) is 60.8 Å². The van der Waals surface area contributed by atoms with Crippen molar-refractivity contribution in [1.82, 2.24) is 9.47 Å². The number of ether oxygens (including phenoxy) is 3. The Morgan fingerprint density at radius 2 is 1.72 bits per heavy atom. The monoisotopic (exact) mass is 638 g/mol. The van der Waals surface area contributed by atoms with Crippen LogP contribution in [0.4, 0.5) is 5.69 Å². The zero-order valence-electron chi connectivity index (χ0n) is 25.6. The molecule has 46 heavy (non-hydrogen) atoms. The SMILES string of the molecule is CCOc1cc(/C=c2/sc3n(c2=O)[C@H](c2ccccc2)C(C(=O)Nc2ccccc2)=C(C)N=3)ccc1OCC(=O)N1CCOCC1. The van der Waals surface area contributed by atoms with Crippen LogP contribution in [0.2, 0.25) is 0 Å². The maximum Gasteiger partial charge on any atom is 0.271 e. The Labute approximate surface area is 269 Å². The number of anilines is 1. The van der Waals surface area contributed by atoms with Crippen molar-refractivity contribution in [2.24, 2.45) is 4.99 Å². The molecular weight excluding hydrogens is 604 g/mol. The Morgan fingerprint density at radius 1 is 1.00 bits per heavy atom. The fourth-order valence-corrected chi connectivity index (χ4v) is 6.53. The van der Waals surface area contributed by atoms with Crippen LogP contribution in [-0.2, 0) is 14.3 Å². The maximum atomic E-state index is 14.1. The Hall–Kier alpha value is -5.00. The Bertz CT molecular complexity index is 1950. The molecule has 11 heteroatoms. The van der Waals surface area contributed by atoms with E-state index in [0.29, 0.717) is 70.7 Å². The predicted molar refractivity (Wildman–Crippen MR) is 176 cm³/mol. The summed E-state index contributed by atoms with van der Waals surface area (Å²) in [6.07, 6.45) is 1.78. The molecular formula is C35H34N4O6S. The molecule has 1 atom stereocenters. The minimum atomic E-state index is -0.665. The molecule has 1 N–H and O–H groups in total. The zero-order valence-corrected chi connectivity index (χ0v) is 26.4. The number of morpholine rings is 1. The molecule has 0 bridgehead atoms. The molecule has 0 radical (unpaired) electrons.